The molecule has 0 spiro atoms. The summed E-state index contributed by atoms with van der Waals surface area (Å²) in [5.41, 5.74) is 1.22. The van der Waals surface area contributed by atoms with E-state index in [4.69, 9.17) is 9.84 Å². The van der Waals surface area contributed by atoms with E-state index >= 15 is 0 Å². The first-order valence-corrected chi connectivity index (χ1v) is 9.09. The zero-order chi connectivity index (χ0) is 17.8. The number of carboxylic acids is 1. The molecule has 2 saturated carbocycles. The molecule has 2 atom stereocenters. The highest BCUT2D eigenvalue weighted by atomic mass is 16.5. The molecule has 1 aromatic rings. The second-order valence-corrected chi connectivity index (χ2v) is 6.96. The summed E-state index contributed by atoms with van der Waals surface area (Å²) < 4.78 is 5.44. The van der Waals surface area contributed by atoms with Gasteiger partial charge in [-0.1, -0.05) is 12.1 Å². The molecule has 2 aliphatic rings. The van der Waals surface area contributed by atoms with E-state index in [9.17, 15) is 9.59 Å². The number of urea groups is 1. The van der Waals surface area contributed by atoms with Gasteiger partial charge in [-0.15, -0.1) is 0 Å². The van der Waals surface area contributed by atoms with Crippen LogP contribution in [-0.2, 0) is 4.79 Å². The highest BCUT2D eigenvalue weighted by Crippen LogP contribution is 2.41. The minimum atomic E-state index is -0.723. The highest BCUT2D eigenvalue weighted by molar-refractivity contribution is 5.75. The largest absolute Gasteiger partial charge is 0.494 e. The molecule has 1 aromatic carbocycles. The van der Waals surface area contributed by atoms with Gasteiger partial charge < -0.3 is 20.5 Å². The first kappa shape index (κ1) is 17.6. The Labute approximate surface area is 147 Å². The van der Waals surface area contributed by atoms with Crippen molar-refractivity contribution in [1.29, 1.82) is 0 Å². The second-order valence-electron chi connectivity index (χ2n) is 6.96. The standard InChI is InChI=1S/C19H26N2O4/c1-2-25-15-9-5-12(6-10-15)16-11-17(16)21-19(24)20-14-7-3-13(4-8-14)18(22)23/h5-6,9-10,13-14,16-17H,2-4,7-8,11H2,1H3,(H,22,23)(H2,20,21,24)/t13?,14?,16-,17+/m0/s1. The van der Waals surface area contributed by atoms with Crippen molar-refractivity contribution in [2.24, 2.45) is 5.92 Å². The van der Waals surface area contributed by atoms with E-state index in [0.29, 0.717) is 25.4 Å². The van der Waals surface area contributed by atoms with Gasteiger partial charge in [0.15, 0.2) is 0 Å². The lowest BCUT2D eigenvalue weighted by molar-refractivity contribution is -0.142. The smallest absolute Gasteiger partial charge is 0.315 e. The van der Waals surface area contributed by atoms with Crippen molar-refractivity contribution in [2.75, 3.05) is 6.61 Å². The number of aliphatic carboxylic acids is 1. The van der Waals surface area contributed by atoms with Crippen LogP contribution in [0.4, 0.5) is 4.79 Å². The normalized spacial score (nSPS) is 28.0. The van der Waals surface area contributed by atoms with Gasteiger partial charge in [0.25, 0.3) is 0 Å². The van der Waals surface area contributed by atoms with Gasteiger partial charge >= 0.3 is 12.0 Å². The van der Waals surface area contributed by atoms with Crippen molar-refractivity contribution in [1.82, 2.24) is 10.6 Å². The fraction of sp³-hybridized carbons (Fsp3) is 0.579. The number of rotatable bonds is 6. The number of carbonyl (C=O) groups excluding carboxylic acids is 1. The number of hydrogen-bond acceptors (Lipinski definition) is 3. The summed E-state index contributed by atoms with van der Waals surface area (Å²) in [5, 5.41) is 15.0. The maximum absolute atomic E-state index is 12.1. The number of carbonyl (C=O) groups is 2. The van der Waals surface area contributed by atoms with Crippen LogP contribution in [0.3, 0.4) is 0 Å². The zero-order valence-electron chi connectivity index (χ0n) is 14.5. The van der Waals surface area contributed by atoms with Crippen LogP contribution in [0.2, 0.25) is 0 Å². The Kier molecular flexibility index (Phi) is 5.46. The van der Waals surface area contributed by atoms with Gasteiger partial charge in [0.1, 0.15) is 5.75 Å². The van der Waals surface area contributed by atoms with Crippen LogP contribution in [0.25, 0.3) is 0 Å². The van der Waals surface area contributed by atoms with Crippen molar-refractivity contribution < 1.29 is 19.4 Å². The van der Waals surface area contributed by atoms with E-state index in [1.165, 1.54) is 5.56 Å². The number of amides is 2. The number of nitrogens with one attached hydrogen (secondary N) is 2. The number of benzene rings is 1. The Bertz CT molecular complexity index is 608. The summed E-state index contributed by atoms with van der Waals surface area (Å²) in [7, 11) is 0. The van der Waals surface area contributed by atoms with Crippen LogP contribution in [0.1, 0.15) is 50.5 Å². The molecule has 136 valence electrons. The summed E-state index contributed by atoms with van der Waals surface area (Å²) in [6, 6.07) is 8.17. The lowest BCUT2D eigenvalue weighted by atomic mass is 9.86. The number of hydrogen-bond donors (Lipinski definition) is 3. The molecule has 0 aliphatic heterocycles. The summed E-state index contributed by atoms with van der Waals surface area (Å²) >= 11 is 0. The van der Waals surface area contributed by atoms with Crippen LogP contribution in [0.5, 0.6) is 5.75 Å². The highest BCUT2D eigenvalue weighted by Gasteiger charge is 2.39. The molecule has 0 aromatic heterocycles. The Morgan fingerprint density at radius 3 is 2.40 bits per heavy atom. The molecule has 2 fully saturated rings. The van der Waals surface area contributed by atoms with Crippen molar-refractivity contribution in [3.8, 4) is 5.75 Å². The quantitative estimate of drug-likeness (QED) is 0.739. The summed E-state index contributed by atoms with van der Waals surface area (Å²) in [6.45, 7) is 2.61. The summed E-state index contributed by atoms with van der Waals surface area (Å²) in [4.78, 5) is 23.1. The fourth-order valence-corrected chi connectivity index (χ4v) is 3.58. The van der Waals surface area contributed by atoms with E-state index in [-0.39, 0.29) is 24.0 Å². The second kappa shape index (κ2) is 7.76. The molecule has 3 N–H and O–H groups in total. The van der Waals surface area contributed by atoms with Crippen LogP contribution in [0, 0.1) is 5.92 Å². The van der Waals surface area contributed by atoms with Gasteiger partial charge in [-0.3, -0.25) is 4.79 Å². The average molecular weight is 346 g/mol. The predicted molar refractivity (Wildman–Crippen MR) is 93.8 cm³/mol. The minimum Gasteiger partial charge on any atom is -0.494 e. The van der Waals surface area contributed by atoms with E-state index < -0.39 is 5.97 Å². The molecule has 6 nitrogen and oxygen atoms in total. The molecule has 25 heavy (non-hydrogen) atoms. The van der Waals surface area contributed by atoms with E-state index in [2.05, 4.69) is 22.8 Å². The van der Waals surface area contributed by atoms with Gasteiger partial charge in [-0.05, 0) is 56.7 Å². The third-order valence-electron chi connectivity index (χ3n) is 5.14. The molecular formula is C19H26N2O4. The average Bonchev–Trinajstić information content (AvgIpc) is 3.35. The van der Waals surface area contributed by atoms with Crippen LogP contribution in [-0.4, -0.2) is 35.8 Å². The third-order valence-corrected chi connectivity index (χ3v) is 5.14. The maximum Gasteiger partial charge on any atom is 0.315 e. The first-order chi connectivity index (χ1) is 12.1. The maximum atomic E-state index is 12.1. The van der Waals surface area contributed by atoms with E-state index in [1.54, 1.807) is 0 Å². The lowest BCUT2D eigenvalue weighted by Gasteiger charge is -2.26. The SMILES string of the molecule is CCOc1ccc([C@@H]2C[C@H]2NC(=O)NC2CCC(C(=O)O)CC2)cc1. The molecule has 6 heteroatoms. The van der Waals surface area contributed by atoms with Gasteiger partial charge in [0.2, 0.25) is 0 Å². The Morgan fingerprint density at radius 1 is 1.12 bits per heavy atom. The predicted octanol–water partition coefficient (Wildman–Crippen LogP) is 2.88. The fourth-order valence-electron chi connectivity index (χ4n) is 3.58. The topological polar surface area (TPSA) is 87.7 Å². The number of carboxylic acid groups (broad SMARTS) is 1. The monoisotopic (exact) mass is 346 g/mol. The molecule has 2 aliphatic carbocycles. The van der Waals surface area contributed by atoms with Crippen LogP contribution >= 0.6 is 0 Å². The van der Waals surface area contributed by atoms with Crippen molar-refractivity contribution in [3.05, 3.63) is 29.8 Å². The van der Waals surface area contributed by atoms with Gasteiger partial charge in [-0.2, -0.15) is 0 Å². The molecular weight excluding hydrogens is 320 g/mol. The van der Waals surface area contributed by atoms with Crippen LogP contribution in [0.15, 0.2) is 24.3 Å². The van der Waals surface area contributed by atoms with Gasteiger partial charge in [0.05, 0.1) is 12.5 Å². The first-order valence-electron chi connectivity index (χ1n) is 9.09. The Hall–Kier alpha value is -2.24. The molecule has 3 rings (SSSR count). The van der Waals surface area contributed by atoms with E-state index in [1.807, 2.05) is 19.1 Å². The molecule has 0 bridgehead atoms. The summed E-state index contributed by atoms with van der Waals surface area (Å²) in [6.07, 6.45) is 3.69. The molecule has 2 amide bonds. The van der Waals surface area contributed by atoms with Gasteiger partial charge in [-0.25, -0.2) is 4.79 Å². The van der Waals surface area contributed by atoms with Crippen molar-refractivity contribution in [2.45, 2.75) is 57.0 Å². The summed E-state index contributed by atoms with van der Waals surface area (Å²) in [5.74, 6) is 0.253. The molecule has 0 unspecified atom stereocenters. The third kappa shape index (κ3) is 4.65. The lowest BCUT2D eigenvalue weighted by Crippen LogP contribution is -2.45. The number of ether oxygens (including phenoxy) is 1. The Morgan fingerprint density at radius 2 is 1.80 bits per heavy atom. The molecule has 0 saturated heterocycles. The van der Waals surface area contributed by atoms with E-state index in [0.717, 1.165) is 25.0 Å². The van der Waals surface area contributed by atoms with Crippen LogP contribution < -0.4 is 15.4 Å². The Balaban J connectivity index is 1.40. The van der Waals surface area contributed by atoms with Crippen molar-refractivity contribution in [3.63, 3.8) is 0 Å². The van der Waals surface area contributed by atoms with Crippen molar-refractivity contribution >= 4 is 12.0 Å². The molecule has 0 heterocycles. The minimum absolute atomic E-state index is 0.0817. The van der Waals surface area contributed by atoms with Gasteiger partial charge in [0, 0.05) is 18.0 Å². The zero-order valence-corrected chi connectivity index (χ0v) is 14.5. The molecule has 0 radical (unpaired) electrons.